The minimum Gasteiger partial charge on any atom is -0.387 e. The smallest absolute Gasteiger partial charge is 0.222 e. The summed E-state index contributed by atoms with van der Waals surface area (Å²) in [5.74, 6) is 13.4. The lowest BCUT2D eigenvalue weighted by molar-refractivity contribution is -0.122. The van der Waals surface area contributed by atoms with Gasteiger partial charge >= 0.3 is 0 Å². The Bertz CT molecular complexity index is 1040. The van der Waals surface area contributed by atoms with Crippen molar-refractivity contribution in [2.45, 2.75) is 46.1 Å². The molecule has 0 unspecified atom stereocenters. The first-order valence-electron chi connectivity index (χ1n) is 13.6. The predicted molar refractivity (Wildman–Crippen MR) is 151 cm³/mol. The summed E-state index contributed by atoms with van der Waals surface area (Å²) in [5.41, 5.74) is 3.18. The molecule has 1 amide bonds. The van der Waals surface area contributed by atoms with Gasteiger partial charge in [-0.25, -0.2) is 0 Å². The summed E-state index contributed by atoms with van der Waals surface area (Å²) in [6, 6.07) is 9.98. The number of carbonyl (C=O) groups is 1. The first-order valence-corrected chi connectivity index (χ1v) is 13.6. The van der Waals surface area contributed by atoms with Gasteiger partial charge in [0.1, 0.15) is 6.04 Å². The van der Waals surface area contributed by atoms with Gasteiger partial charge in [0, 0.05) is 69.0 Å². The predicted octanol–water partition coefficient (Wildman–Crippen LogP) is 3.49. The van der Waals surface area contributed by atoms with Crippen molar-refractivity contribution in [3.63, 3.8) is 0 Å². The molecule has 37 heavy (non-hydrogen) atoms. The topological polar surface area (TPSA) is 56.8 Å². The zero-order chi connectivity index (χ0) is 26.3. The van der Waals surface area contributed by atoms with Crippen LogP contribution < -0.4 is 10.6 Å². The highest BCUT2D eigenvalue weighted by Gasteiger charge is 2.17. The van der Waals surface area contributed by atoms with Crippen LogP contribution in [0.3, 0.4) is 0 Å². The lowest BCUT2D eigenvalue weighted by atomic mass is 10.0. The van der Waals surface area contributed by atoms with Crippen LogP contribution in [-0.4, -0.2) is 74.4 Å². The molecule has 2 aliphatic heterocycles. The fraction of sp³-hybridized carbons (Fsp3) is 0.516. The Labute approximate surface area is 223 Å². The molecule has 6 nitrogen and oxygen atoms in total. The van der Waals surface area contributed by atoms with Gasteiger partial charge in [-0.15, -0.1) is 0 Å². The summed E-state index contributed by atoms with van der Waals surface area (Å²) in [5, 5.41) is 6.45. The van der Waals surface area contributed by atoms with E-state index in [1.54, 1.807) is 0 Å². The Morgan fingerprint density at radius 1 is 1.14 bits per heavy atom. The number of carbonyl (C=O) groups excluding carboxylic acids is 1. The zero-order valence-electron chi connectivity index (χ0n) is 22.7. The van der Waals surface area contributed by atoms with Gasteiger partial charge in [-0.05, 0) is 18.1 Å². The van der Waals surface area contributed by atoms with E-state index >= 15 is 0 Å². The number of nitrogens with zero attached hydrogens (tertiary/aromatic N) is 2. The van der Waals surface area contributed by atoms with E-state index in [0.717, 1.165) is 55.7 Å². The van der Waals surface area contributed by atoms with Crippen LogP contribution in [0, 0.1) is 29.6 Å². The molecule has 1 saturated heterocycles. The van der Waals surface area contributed by atoms with E-state index in [1.165, 1.54) is 0 Å². The lowest BCUT2D eigenvalue weighted by Gasteiger charge is -2.29. The van der Waals surface area contributed by atoms with Crippen LogP contribution in [0.5, 0.6) is 0 Å². The highest BCUT2D eigenvalue weighted by molar-refractivity contribution is 5.80. The molecule has 0 aliphatic carbocycles. The van der Waals surface area contributed by atoms with E-state index in [1.807, 2.05) is 24.4 Å². The van der Waals surface area contributed by atoms with Gasteiger partial charge in [0.25, 0.3) is 0 Å². The maximum absolute atomic E-state index is 12.8. The maximum atomic E-state index is 12.8. The Hall–Kier alpha value is -3.03. The highest BCUT2D eigenvalue weighted by Crippen LogP contribution is 2.14. The molecule has 0 saturated carbocycles. The molecule has 1 aromatic rings. The third kappa shape index (κ3) is 10.9. The first-order chi connectivity index (χ1) is 18.0. The van der Waals surface area contributed by atoms with Crippen molar-refractivity contribution in [2.24, 2.45) is 5.92 Å². The van der Waals surface area contributed by atoms with E-state index in [4.69, 9.17) is 4.74 Å². The van der Waals surface area contributed by atoms with Crippen molar-refractivity contribution in [3.05, 3.63) is 53.7 Å². The van der Waals surface area contributed by atoms with Crippen LogP contribution in [0.2, 0.25) is 0 Å². The molecule has 6 heteroatoms. The number of unbranched alkanes of at least 4 members (excludes halogenated alkanes) is 1. The lowest BCUT2D eigenvalue weighted by Crippen LogP contribution is -2.44. The average Bonchev–Trinajstić information content (AvgIpc) is 2.87. The van der Waals surface area contributed by atoms with Crippen LogP contribution >= 0.6 is 0 Å². The van der Waals surface area contributed by atoms with E-state index in [-0.39, 0.29) is 17.9 Å². The van der Waals surface area contributed by atoms with Gasteiger partial charge in [-0.2, -0.15) is 0 Å². The van der Waals surface area contributed by atoms with E-state index in [2.05, 4.69) is 83.1 Å². The van der Waals surface area contributed by atoms with Crippen LogP contribution in [-0.2, 0) is 9.53 Å². The van der Waals surface area contributed by atoms with E-state index < -0.39 is 0 Å². The molecular weight excluding hydrogens is 460 g/mol. The normalized spacial score (nSPS) is 20.2. The number of amides is 1. The van der Waals surface area contributed by atoms with E-state index in [9.17, 15) is 4.79 Å². The molecule has 3 rings (SSSR count). The quantitative estimate of drug-likeness (QED) is 0.584. The number of benzene rings is 1. The molecule has 1 atom stereocenters. The summed E-state index contributed by atoms with van der Waals surface area (Å²) in [6.45, 7) is 12.1. The molecule has 0 spiro atoms. The molecule has 1 aromatic carbocycles. The van der Waals surface area contributed by atoms with Crippen LogP contribution in [0.1, 0.15) is 45.6 Å². The third-order valence-corrected chi connectivity index (χ3v) is 6.19. The highest BCUT2D eigenvalue weighted by atomic mass is 16.5. The van der Waals surface area contributed by atoms with Crippen molar-refractivity contribution in [1.29, 1.82) is 0 Å². The Morgan fingerprint density at radius 2 is 1.95 bits per heavy atom. The summed E-state index contributed by atoms with van der Waals surface area (Å²) < 4.78 is 6.02. The zero-order valence-corrected chi connectivity index (χ0v) is 22.7. The number of ether oxygens (including phenoxy) is 1. The standard InChI is InChI=1S/C31H42N4O2/c1-4-5-18-35-21-20-34(19-16-31(36)33-30(24-37-25-35)14-11-26(2)3)23-27-12-13-29(15-17-32-22-27)28-9-7-6-8-10-28/h6-10,15,22,26,30,32H,4-5,16-21,23-25H2,1-3H3,(H,33,36)/t30-/m0/s1. The summed E-state index contributed by atoms with van der Waals surface area (Å²) >= 11 is 0. The first kappa shape index (κ1) is 28.5. The third-order valence-electron chi connectivity index (χ3n) is 6.19. The fourth-order valence-electron chi connectivity index (χ4n) is 4.10. The van der Waals surface area contributed by atoms with Gasteiger partial charge in [0.2, 0.25) is 5.91 Å². The van der Waals surface area contributed by atoms with Crippen molar-refractivity contribution in [2.75, 3.05) is 52.6 Å². The van der Waals surface area contributed by atoms with Crippen LogP contribution in [0.4, 0.5) is 0 Å². The minimum absolute atomic E-state index is 0.00483. The second kappa shape index (κ2) is 15.9. The molecule has 1 fully saturated rings. The monoisotopic (exact) mass is 502 g/mol. The van der Waals surface area contributed by atoms with Crippen LogP contribution in [0.25, 0.3) is 5.57 Å². The van der Waals surface area contributed by atoms with Crippen molar-refractivity contribution in [3.8, 4) is 23.7 Å². The SMILES string of the molecule is CCCCN1CCN(CC2=CNCC=C(c3ccccc3)C#C2)CCC(=O)N[C@@H](C#CC(C)C)COC1. The molecule has 0 aromatic heterocycles. The Kier molecular flexibility index (Phi) is 12.3. The number of hydrogen-bond acceptors (Lipinski definition) is 5. The second-order valence-electron chi connectivity index (χ2n) is 9.87. The molecule has 2 aliphatic rings. The maximum Gasteiger partial charge on any atom is 0.222 e. The van der Waals surface area contributed by atoms with Crippen LogP contribution in [0.15, 0.2) is 48.2 Å². The van der Waals surface area contributed by atoms with Crippen molar-refractivity contribution < 1.29 is 9.53 Å². The molecular formula is C31H42N4O2. The van der Waals surface area contributed by atoms with Gasteiger partial charge < -0.3 is 15.4 Å². The van der Waals surface area contributed by atoms with Gasteiger partial charge in [0.05, 0.1) is 13.3 Å². The Balaban J connectivity index is 1.71. The van der Waals surface area contributed by atoms with Crippen molar-refractivity contribution in [1.82, 2.24) is 20.4 Å². The summed E-state index contributed by atoms with van der Waals surface area (Å²) in [6.07, 6.45) is 6.82. The van der Waals surface area contributed by atoms with Gasteiger partial charge in [-0.1, -0.05) is 81.2 Å². The van der Waals surface area contributed by atoms with Gasteiger partial charge in [0.15, 0.2) is 0 Å². The summed E-state index contributed by atoms with van der Waals surface area (Å²) in [4.78, 5) is 17.4. The largest absolute Gasteiger partial charge is 0.387 e. The number of rotatable bonds is 6. The van der Waals surface area contributed by atoms with E-state index in [0.29, 0.717) is 32.8 Å². The molecule has 2 N–H and O–H groups in total. The fourth-order valence-corrected chi connectivity index (χ4v) is 4.10. The van der Waals surface area contributed by atoms with Crippen molar-refractivity contribution >= 4 is 11.5 Å². The number of allylic oxidation sites excluding steroid dienone is 1. The number of hydrogen-bond donors (Lipinski definition) is 2. The van der Waals surface area contributed by atoms with Gasteiger partial charge in [-0.3, -0.25) is 14.6 Å². The number of nitrogens with one attached hydrogen (secondary N) is 2. The average molecular weight is 503 g/mol. The summed E-state index contributed by atoms with van der Waals surface area (Å²) in [7, 11) is 0. The molecule has 0 radical (unpaired) electrons. The minimum atomic E-state index is -0.289. The molecule has 198 valence electrons. The Morgan fingerprint density at radius 3 is 2.73 bits per heavy atom. The molecule has 0 bridgehead atoms. The molecule has 2 heterocycles. The second-order valence-corrected chi connectivity index (χ2v) is 9.87.